The highest BCUT2D eigenvalue weighted by molar-refractivity contribution is 5.89. The van der Waals surface area contributed by atoms with Crippen molar-refractivity contribution in [1.82, 2.24) is 16.0 Å². The fourth-order valence-corrected chi connectivity index (χ4v) is 6.31. The molecule has 0 aromatic heterocycles. The molecule has 4 N–H and O–H groups in total. The lowest BCUT2D eigenvalue weighted by atomic mass is 9.82. The third kappa shape index (κ3) is 10.7. The molecule has 3 amide bonds. The molecule has 0 aliphatic heterocycles. The minimum absolute atomic E-state index is 0.0226. The summed E-state index contributed by atoms with van der Waals surface area (Å²) < 4.78 is 0. The Morgan fingerprint density at radius 2 is 1.66 bits per heavy atom. The first-order valence-electron chi connectivity index (χ1n) is 16.1. The van der Waals surface area contributed by atoms with Crippen LogP contribution in [-0.4, -0.2) is 47.6 Å². The van der Waals surface area contributed by atoms with E-state index in [1.807, 2.05) is 26.0 Å². The van der Waals surface area contributed by atoms with Gasteiger partial charge >= 0.3 is 0 Å². The van der Waals surface area contributed by atoms with Gasteiger partial charge in [0.25, 0.3) is 0 Å². The number of fused-ring (bicyclic) bond motifs is 1. The van der Waals surface area contributed by atoms with Gasteiger partial charge in [0.05, 0.1) is 12.1 Å². The van der Waals surface area contributed by atoms with Crippen LogP contribution < -0.4 is 16.0 Å². The molecule has 0 spiro atoms. The van der Waals surface area contributed by atoms with Gasteiger partial charge in [0.15, 0.2) is 0 Å². The van der Waals surface area contributed by atoms with Gasteiger partial charge in [-0.15, -0.1) is 0 Å². The van der Waals surface area contributed by atoms with Crippen molar-refractivity contribution in [2.45, 2.75) is 130 Å². The van der Waals surface area contributed by atoms with E-state index in [1.165, 1.54) is 30.4 Å². The summed E-state index contributed by atoms with van der Waals surface area (Å²) in [6, 6.07) is 7.17. The molecule has 230 valence electrons. The zero-order valence-electron chi connectivity index (χ0n) is 26.1. The van der Waals surface area contributed by atoms with Crippen LogP contribution in [0.25, 0.3) is 0 Å². The minimum atomic E-state index is -0.843. The van der Waals surface area contributed by atoms with Crippen molar-refractivity contribution in [3.63, 3.8) is 0 Å². The monoisotopic (exact) mass is 569 g/mol. The van der Waals surface area contributed by atoms with Crippen LogP contribution in [0.5, 0.6) is 0 Å². The normalized spacial score (nSPS) is 20.7. The van der Waals surface area contributed by atoms with Gasteiger partial charge in [0.1, 0.15) is 6.04 Å². The summed E-state index contributed by atoms with van der Waals surface area (Å²) in [5, 5.41) is 20.5. The maximum atomic E-state index is 13.6. The quantitative estimate of drug-likeness (QED) is 0.266. The largest absolute Gasteiger partial charge is 0.391 e. The first kappa shape index (κ1) is 33.1. The summed E-state index contributed by atoms with van der Waals surface area (Å²) in [6.45, 7) is 10.6. The molecule has 5 atom stereocenters. The van der Waals surface area contributed by atoms with Crippen LogP contribution >= 0.6 is 0 Å². The highest BCUT2D eigenvalue weighted by Crippen LogP contribution is 2.29. The van der Waals surface area contributed by atoms with Crippen molar-refractivity contribution in [3.05, 3.63) is 35.4 Å². The van der Waals surface area contributed by atoms with E-state index >= 15 is 0 Å². The van der Waals surface area contributed by atoms with Gasteiger partial charge in [-0.05, 0) is 61.0 Å². The molecule has 1 aromatic rings. The SMILES string of the molecule is CCC[C@H](NC(=O)C1CCc2ccccc2C1)C(=O)N[C@@H](CC1CCCCC1)[C@@H](O)C[C@@H](C)C(=O)NCC(C)(C)C. The molecule has 7 heteroatoms. The molecule has 41 heavy (non-hydrogen) atoms. The lowest BCUT2D eigenvalue weighted by Gasteiger charge is -2.33. The number of hydrogen-bond acceptors (Lipinski definition) is 4. The summed E-state index contributed by atoms with van der Waals surface area (Å²) in [4.78, 5) is 39.7. The molecule has 2 aliphatic rings. The molecule has 7 nitrogen and oxygen atoms in total. The van der Waals surface area contributed by atoms with Gasteiger partial charge in [0.2, 0.25) is 17.7 Å². The molecular formula is C34H55N3O4. The van der Waals surface area contributed by atoms with E-state index in [0.717, 1.165) is 32.1 Å². The summed E-state index contributed by atoms with van der Waals surface area (Å²) in [6.07, 6.45) is 9.54. The molecule has 2 aliphatic carbocycles. The van der Waals surface area contributed by atoms with Crippen LogP contribution in [0.4, 0.5) is 0 Å². The van der Waals surface area contributed by atoms with E-state index in [1.54, 1.807) is 0 Å². The number of aliphatic hydroxyl groups is 1. The Labute approximate surface area is 248 Å². The van der Waals surface area contributed by atoms with E-state index in [9.17, 15) is 19.5 Å². The second-order valence-electron chi connectivity index (χ2n) is 13.9. The van der Waals surface area contributed by atoms with Gasteiger partial charge < -0.3 is 21.1 Å². The highest BCUT2D eigenvalue weighted by atomic mass is 16.3. The summed E-state index contributed by atoms with van der Waals surface area (Å²) in [5.74, 6) is -0.462. The van der Waals surface area contributed by atoms with Crippen molar-refractivity contribution in [1.29, 1.82) is 0 Å². The Bertz CT molecular complexity index is 998. The predicted molar refractivity (Wildman–Crippen MR) is 164 cm³/mol. The first-order chi connectivity index (χ1) is 19.5. The second kappa shape index (κ2) is 15.7. The van der Waals surface area contributed by atoms with E-state index in [2.05, 4.69) is 48.9 Å². The number of benzene rings is 1. The predicted octanol–water partition coefficient (Wildman–Crippen LogP) is 5.08. The van der Waals surface area contributed by atoms with Crippen LogP contribution in [0.1, 0.15) is 110 Å². The number of carbonyl (C=O) groups excluding carboxylic acids is 3. The summed E-state index contributed by atoms with van der Waals surface area (Å²) in [7, 11) is 0. The van der Waals surface area contributed by atoms with Crippen LogP contribution in [0, 0.1) is 23.2 Å². The van der Waals surface area contributed by atoms with E-state index < -0.39 is 18.2 Å². The number of rotatable bonds is 13. The van der Waals surface area contributed by atoms with Gasteiger partial charge in [-0.1, -0.05) is 97.4 Å². The molecule has 3 rings (SSSR count). The maximum Gasteiger partial charge on any atom is 0.242 e. The fraction of sp³-hybridized carbons (Fsp3) is 0.735. The molecule has 1 unspecified atom stereocenters. The average molecular weight is 570 g/mol. The highest BCUT2D eigenvalue weighted by Gasteiger charge is 2.33. The Kier molecular flexibility index (Phi) is 12.7. The average Bonchev–Trinajstić information content (AvgIpc) is 2.95. The van der Waals surface area contributed by atoms with Crippen LogP contribution in [0.3, 0.4) is 0 Å². The van der Waals surface area contributed by atoms with E-state index in [-0.39, 0.29) is 41.4 Å². The van der Waals surface area contributed by atoms with E-state index in [0.29, 0.717) is 31.7 Å². The zero-order chi connectivity index (χ0) is 30.0. The zero-order valence-corrected chi connectivity index (χ0v) is 26.1. The number of hydrogen-bond donors (Lipinski definition) is 4. The van der Waals surface area contributed by atoms with Crippen molar-refractivity contribution in [3.8, 4) is 0 Å². The van der Waals surface area contributed by atoms with Gasteiger partial charge in [0, 0.05) is 18.4 Å². The van der Waals surface area contributed by atoms with Gasteiger partial charge in [-0.25, -0.2) is 0 Å². The van der Waals surface area contributed by atoms with Crippen molar-refractivity contribution >= 4 is 17.7 Å². The Hall–Kier alpha value is -2.41. The van der Waals surface area contributed by atoms with Crippen LogP contribution in [0.15, 0.2) is 24.3 Å². The first-order valence-corrected chi connectivity index (χ1v) is 16.1. The Morgan fingerprint density at radius 3 is 2.32 bits per heavy atom. The molecule has 0 saturated heterocycles. The summed E-state index contributed by atoms with van der Waals surface area (Å²) >= 11 is 0. The van der Waals surface area contributed by atoms with E-state index in [4.69, 9.17) is 0 Å². The number of amides is 3. The molecule has 0 bridgehead atoms. The number of aryl methyl sites for hydroxylation is 1. The molecule has 0 heterocycles. The Balaban J connectivity index is 1.64. The number of carbonyl (C=O) groups is 3. The smallest absolute Gasteiger partial charge is 0.242 e. The minimum Gasteiger partial charge on any atom is -0.391 e. The lowest BCUT2D eigenvalue weighted by molar-refractivity contribution is -0.132. The van der Waals surface area contributed by atoms with Gasteiger partial charge in [-0.3, -0.25) is 14.4 Å². The fourth-order valence-electron chi connectivity index (χ4n) is 6.31. The molecular weight excluding hydrogens is 514 g/mol. The molecule has 1 aromatic carbocycles. The summed E-state index contributed by atoms with van der Waals surface area (Å²) in [5.41, 5.74) is 2.50. The third-order valence-corrected chi connectivity index (χ3v) is 8.87. The molecule has 0 radical (unpaired) electrons. The molecule has 1 fully saturated rings. The Morgan fingerprint density at radius 1 is 0.976 bits per heavy atom. The second-order valence-corrected chi connectivity index (χ2v) is 13.9. The topological polar surface area (TPSA) is 108 Å². The number of aliphatic hydroxyl groups excluding tert-OH is 1. The van der Waals surface area contributed by atoms with Crippen molar-refractivity contribution < 1.29 is 19.5 Å². The van der Waals surface area contributed by atoms with Crippen molar-refractivity contribution in [2.75, 3.05) is 6.54 Å². The van der Waals surface area contributed by atoms with Crippen molar-refractivity contribution in [2.24, 2.45) is 23.2 Å². The van der Waals surface area contributed by atoms with Gasteiger partial charge in [-0.2, -0.15) is 0 Å². The van der Waals surface area contributed by atoms with Crippen LogP contribution in [0.2, 0.25) is 0 Å². The maximum absolute atomic E-state index is 13.6. The molecule has 1 saturated carbocycles. The number of nitrogens with one attached hydrogen (secondary N) is 3. The third-order valence-electron chi connectivity index (χ3n) is 8.87. The standard InChI is InChI=1S/C34H55N3O4/c1-6-12-28(36-32(40)27-18-17-25-15-10-11-16-26(25)21-27)33(41)37-29(20-24-13-8-7-9-14-24)30(38)19-23(2)31(39)35-22-34(3,4)5/h10-11,15-16,23-24,27-30,38H,6-9,12-14,17-22H2,1-5H3,(H,35,39)(H,36,40)(H,37,41)/t23-,27?,28+,29+,30+/m1/s1. The van der Waals surface area contributed by atoms with Crippen LogP contribution in [-0.2, 0) is 27.2 Å². The lowest BCUT2D eigenvalue weighted by Crippen LogP contribution is -2.54.